The lowest BCUT2D eigenvalue weighted by atomic mass is 10.0. The van der Waals surface area contributed by atoms with Crippen LogP contribution in [0.1, 0.15) is 31.7 Å². The molecule has 2 aromatic carbocycles. The fourth-order valence-electron chi connectivity index (χ4n) is 3.43. The smallest absolute Gasteiger partial charge is 0.224 e. The molecule has 1 aliphatic heterocycles. The van der Waals surface area contributed by atoms with E-state index in [1.807, 2.05) is 12.1 Å². The van der Waals surface area contributed by atoms with Crippen LogP contribution in [0.15, 0.2) is 42.5 Å². The van der Waals surface area contributed by atoms with E-state index >= 15 is 0 Å². The van der Waals surface area contributed by atoms with E-state index in [-0.39, 0.29) is 5.91 Å². The zero-order valence-corrected chi connectivity index (χ0v) is 13.9. The molecule has 0 radical (unpaired) electrons. The van der Waals surface area contributed by atoms with E-state index < -0.39 is 0 Å². The maximum absolute atomic E-state index is 12.3. The molecule has 1 heterocycles. The molecule has 1 fully saturated rings. The zero-order chi connectivity index (χ0) is 16.1. The quantitative estimate of drug-likeness (QED) is 0.918. The van der Waals surface area contributed by atoms with E-state index in [4.69, 9.17) is 0 Å². The van der Waals surface area contributed by atoms with Crippen LogP contribution in [0.4, 0.5) is 0 Å². The molecular formula is C20H26N2O. The van der Waals surface area contributed by atoms with E-state index in [0.29, 0.717) is 12.5 Å². The van der Waals surface area contributed by atoms with Crippen molar-refractivity contribution in [3.63, 3.8) is 0 Å². The Balaban J connectivity index is 1.52. The van der Waals surface area contributed by atoms with Crippen LogP contribution in [0.3, 0.4) is 0 Å². The van der Waals surface area contributed by atoms with Gasteiger partial charge in [-0.2, -0.15) is 0 Å². The van der Waals surface area contributed by atoms with Crippen molar-refractivity contribution in [1.82, 2.24) is 10.2 Å². The van der Waals surface area contributed by atoms with Crippen molar-refractivity contribution < 1.29 is 4.79 Å². The summed E-state index contributed by atoms with van der Waals surface area (Å²) in [5, 5.41) is 5.63. The molecule has 0 aliphatic carbocycles. The number of piperidine rings is 1. The van der Waals surface area contributed by atoms with Crippen molar-refractivity contribution in [3.05, 3.63) is 48.0 Å². The maximum Gasteiger partial charge on any atom is 0.224 e. The van der Waals surface area contributed by atoms with E-state index in [1.165, 1.54) is 23.7 Å². The third-order valence-electron chi connectivity index (χ3n) is 4.67. The molecule has 1 aliphatic rings. The number of hydrogen-bond acceptors (Lipinski definition) is 2. The van der Waals surface area contributed by atoms with Crippen molar-refractivity contribution in [2.75, 3.05) is 19.6 Å². The van der Waals surface area contributed by atoms with Gasteiger partial charge in [-0.15, -0.1) is 0 Å². The highest BCUT2D eigenvalue weighted by atomic mass is 16.1. The van der Waals surface area contributed by atoms with Crippen LogP contribution in [-0.4, -0.2) is 36.5 Å². The lowest BCUT2D eigenvalue weighted by molar-refractivity contribution is -0.121. The molecule has 1 saturated heterocycles. The van der Waals surface area contributed by atoms with Crippen LogP contribution < -0.4 is 5.32 Å². The summed E-state index contributed by atoms with van der Waals surface area (Å²) in [6.45, 7) is 5.61. The first-order valence-corrected chi connectivity index (χ1v) is 8.74. The van der Waals surface area contributed by atoms with Crippen LogP contribution in [0.5, 0.6) is 0 Å². The van der Waals surface area contributed by atoms with Gasteiger partial charge in [-0.05, 0) is 42.1 Å². The average Bonchev–Trinajstić information content (AvgIpc) is 2.57. The molecule has 3 rings (SSSR count). The number of carbonyl (C=O) groups excluding carboxylic acids is 1. The second-order valence-electron chi connectivity index (χ2n) is 6.54. The number of amides is 1. The zero-order valence-electron chi connectivity index (χ0n) is 13.9. The minimum atomic E-state index is 0.147. The van der Waals surface area contributed by atoms with Crippen LogP contribution in [0, 0.1) is 0 Å². The summed E-state index contributed by atoms with van der Waals surface area (Å²) in [6, 6.07) is 14.9. The number of nitrogens with one attached hydrogen (secondary N) is 1. The Morgan fingerprint density at radius 2 is 1.87 bits per heavy atom. The van der Waals surface area contributed by atoms with Gasteiger partial charge in [0.2, 0.25) is 5.91 Å². The highest BCUT2D eigenvalue weighted by molar-refractivity contribution is 5.85. The van der Waals surface area contributed by atoms with Gasteiger partial charge in [0.25, 0.3) is 0 Å². The highest BCUT2D eigenvalue weighted by Gasteiger charge is 2.20. The van der Waals surface area contributed by atoms with Gasteiger partial charge in [-0.1, -0.05) is 49.4 Å². The van der Waals surface area contributed by atoms with Crippen LogP contribution in [-0.2, 0) is 11.2 Å². The molecule has 0 aromatic heterocycles. The van der Waals surface area contributed by atoms with Gasteiger partial charge in [0.1, 0.15) is 0 Å². The summed E-state index contributed by atoms with van der Waals surface area (Å²) in [6.07, 6.45) is 3.83. The highest BCUT2D eigenvalue weighted by Crippen LogP contribution is 2.16. The summed E-state index contributed by atoms with van der Waals surface area (Å²) in [5.74, 6) is 0.147. The molecule has 3 nitrogen and oxygen atoms in total. The fraction of sp³-hybridized carbons (Fsp3) is 0.450. The van der Waals surface area contributed by atoms with Crippen LogP contribution in [0.2, 0.25) is 0 Å². The Hall–Kier alpha value is -1.87. The normalized spacial score (nSPS) is 16.6. The molecule has 3 heteroatoms. The standard InChI is InChI=1S/C20H26N2O/c1-2-11-22-12-9-19(10-13-22)21-20(23)15-16-7-8-17-5-3-4-6-18(17)14-16/h3-8,14,19H,2,9-13,15H2,1H3,(H,21,23). The van der Waals surface area contributed by atoms with Gasteiger partial charge in [-0.25, -0.2) is 0 Å². The number of fused-ring (bicyclic) bond motifs is 1. The predicted octanol–water partition coefficient (Wildman–Crippen LogP) is 3.37. The maximum atomic E-state index is 12.3. The van der Waals surface area contributed by atoms with Crippen molar-refractivity contribution >= 4 is 16.7 Å². The molecule has 1 N–H and O–H groups in total. The van der Waals surface area contributed by atoms with Crippen molar-refractivity contribution in [1.29, 1.82) is 0 Å². The Kier molecular flexibility index (Phi) is 5.29. The van der Waals surface area contributed by atoms with Crippen molar-refractivity contribution in [3.8, 4) is 0 Å². The predicted molar refractivity (Wildman–Crippen MR) is 95.5 cm³/mol. The van der Waals surface area contributed by atoms with Gasteiger partial charge in [0, 0.05) is 19.1 Å². The fourth-order valence-corrected chi connectivity index (χ4v) is 3.43. The Labute approximate surface area is 138 Å². The first kappa shape index (κ1) is 16.0. The number of likely N-dealkylation sites (tertiary alicyclic amines) is 1. The summed E-state index contributed by atoms with van der Waals surface area (Å²) in [4.78, 5) is 14.8. The largest absolute Gasteiger partial charge is 0.353 e. The Morgan fingerprint density at radius 3 is 2.61 bits per heavy atom. The van der Waals surface area contributed by atoms with E-state index in [9.17, 15) is 4.79 Å². The van der Waals surface area contributed by atoms with Crippen molar-refractivity contribution in [2.24, 2.45) is 0 Å². The third-order valence-corrected chi connectivity index (χ3v) is 4.67. The lowest BCUT2D eigenvalue weighted by Gasteiger charge is -2.32. The average molecular weight is 310 g/mol. The minimum absolute atomic E-state index is 0.147. The number of rotatable bonds is 5. The van der Waals surface area contributed by atoms with Gasteiger partial charge >= 0.3 is 0 Å². The minimum Gasteiger partial charge on any atom is -0.353 e. The molecule has 1 amide bonds. The Morgan fingerprint density at radius 1 is 1.13 bits per heavy atom. The van der Waals surface area contributed by atoms with Crippen LogP contribution >= 0.6 is 0 Å². The first-order chi connectivity index (χ1) is 11.2. The number of benzene rings is 2. The van der Waals surface area contributed by atoms with Crippen molar-refractivity contribution in [2.45, 2.75) is 38.6 Å². The summed E-state index contributed by atoms with van der Waals surface area (Å²) in [7, 11) is 0. The molecular weight excluding hydrogens is 284 g/mol. The second-order valence-corrected chi connectivity index (χ2v) is 6.54. The van der Waals surface area contributed by atoms with Gasteiger partial charge in [0.15, 0.2) is 0 Å². The first-order valence-electron chi connectivity index (χ1n) is 8.74. The SMILES string of the molecule is CCCN1CCC(NC(=O)Cc2ccc3ccccc3c2)CC1. The van der Waals surface area contributed by atoms with Gasteiger partial charge in [-0.3, -0.25) is 4.79 Å². The molecule has 0 spiro atoms. The molecule has 122 valence electrons. The monoisotopic (exact) mass is 310 g/mol. The summed E-state index contributed by atoms with van der Waals surface area (Å²) >= 11 is 0. The number of nitrogens with zero attached hydrogens (tertiary/aromatic N) is 1. The van der Waals surface area contributed by atoms with E-state index in [2.05, 4.69) is 47.5 Å². The summed E-state index contributed by atoms with van der Waals surface area (Å²) in [5.41, 5.74) is 1.09. The third kappa shape index (κ3) is 4.32. The van der Waals surface area contributed by atoms with Gasteiger partial charge < -0.3 is 10.2 Å². The number of hydrogen-bond donors (Lipinski definition) is 1. The molecule has 0 atom stereocenters. The molecule has 0 saturated carbocycles. The molecule has 2 aromatic rings. The summed E-state index contributed by atoms with van der Waals surface area (Å²) < 4.78 is 0. The molecule has 0 unspecified atom stereocenters. The Bertz CT molecular complexity index is 659. The molecule has 0 bridgehead atoms. The van der Waals surface area contributed by atoms with E-state index in [0.717, 1.165) is 31.5 Å². The van der Waals surface area contributed by atoms with Gasteiger partial charge in [0.05, 0.1) is 6.42 Å². The molecule has 23 heavy (non-hydrogen) atoms. The van der Waals surface area contributed by atoms with Crippen LogP contribution in [0.25, 0.3) is 10.8 Å². The second kappa shape index (κ2) is 7.60. The van der Waals surface area contributed by atoms with E-state index in [1.54, 1.807) is 0 Å². The lowest BCUT2D eigenvalue weighted by Crippen LogP contribution is -2.45. The number of carbonyl (C=O) groups is 1. The topological polar surface area (TPSA) is 32.3 Å².